The average molecular weight is 412 g/mol. The van der Waals surface area contributed by atoms with Crippen molar-refractivity contribution in [2.75, 3.05) is 20.8 Å². The summed E-state index contributed by atoms with van der Waals surface area (Å²) in [5, 5.41) is 9.68. The molecule has 0 aliphatic rings. The van der Waals surface area contributed by atoms with Gasteiger partial charge >= 0.3 is 5.97 Å². The molecule has 0 aliphatic heterocycles. The lowest BCUT2D eigenvalue weighted by Gasteiger charge is -2.20. The van der Waals surface area contributed by atoms with Crippen LogP contribution in [0.4, 0.5) is 4.39 Å². The molecule has 2 aromatic rings. The maximum absolute atomic E-state index is 14.5. The van der Waals surface area contributed by atoms with E-state index in [9.17, 15) is 19.1 Å². The van der Waals surface area contributed by atoms with E-state index in [0.717, 1.165) is 4.57 Å². The van der Waals surface area contributed by atoms with Crippen LogP contribution in [-0.2, 0) is 9.53 Å². The highest BCUT2D eigenvalue weighted by molar-refractivity contribution is 6.31. The Bertz CT molecular complexity index is 926. The molecule has 1 unspecified atom stereocenters. The van der Waals surface area contributed by atoms with Gasteiger partial charge in [-0.15, -0.1) is 0 Å². The van der Waals surface area contributed by atoms with Crippen molar-refractivity contribution in [3.05, 3.63) is 51.2 Å². The quantitative estimate of drug-likeness (QED) is 0.707. The van der Waals surface area contributed by atoms with Crippen LogP contribution in [0.5, 0.6) is 5.75 Å². The summed E-state index contributed by atoms with van der Waals surface area (Å²) in [6.07, 6.45) is 1.44. The minimum atomic E-state index is -1.16. The molecule has 0 aliphatic carbocycles. The van der Waals surface area contributed by atoms with Gasteiger partial charge in [0.05, 0.1) is 13.3 Å². The molecule has 0 spiro atoms. The molecule has 8 heteroatoms. The molecule has 0 saturated heterocycles. The number of carbonyl (C=O) groups is 1. The van der Waals surface area contributed by atoms with Gasteiger partial charge in [-0.25, -0.2) is 9.18 Å². The molecule has 28 heavy (non-hydrogen) atoms. The van der Waals surface area contributed by atoms with Crippen molar-refractivity contribution in [2.24, 2.45) is 0 Å². The Morgan fingerprint density at radius 3 is 2.46 bits per heavy atom. The van der Waals surface area contributed by atoms with Crippen molar-refractivity contribution in [2.45, 2.75) is 32.2 Å². The van der Waals surface area contributed by atoms with Crippen molar-refractivity contribution in [1.82, 2.24) is 4.57 Å². The monoisotopic (exact) mass is 411 g/mol. The summed E-state index contributed by atoms with van der Waals surface area (Å²) >= 11 is 6.04. The molecule has 1 heterocycles. The van der Waals surface area contributed by atoms with E-state index < -0.39 is 23.4 Å². The molecule has 1 N–H and O–H groups in total. The van der Waals surface area contributed by atoms with Crippen molar-refractivity contribution in [3.63, 3.8) is 0 Å². The van der Waals surface area contributed by atoms with E-state index in [-0.39, 0.29) is 29.7 Å². The molecule has 152 valence electrons. The first-order valence-corrected chi connectivity index (χ1v) is 9.10. The largest absolute Gasteiger partial charge is 0.495 e. The fourth-order valence-corrected chi connectivity index (χ4v) is 3.36. The predicted octanol–water partition coefficient (Wildman–Crippen LogP) is 4.10. The highest BCUT2D eigenvalue weighted by Gasteiger charge is 2.24. The topological polar surface area (TPSA) is 77.8 Å². The normalized spacial score (nSPS) is 12.2. The SMILES string of the molecule is COCCC(C(=O)O)n1cc(OC)c(-c2cc(Cl)cc(F)c2C(C)C)cc1=O. The second kappa shape index (κ2) is 9.21. The predicted molar refractivity (Wildman–Crippen MR) is 105 cm³/mol. The number of nitrogens with zero attached hydrogens (tertiary/aromatic N) is 1. The van der Waals surface area contributed by atoms with Crippen LogP contribution in [0.25, 0.3) is 11.1 Å². The Hall–Kier alpha value is -2.38. The summed E-state index contributed by atoms with van der Waals surface area (Å²) in [5.41, 5.74) is 0.637. The molecule has 6 nitrogen and oxygen atoms in total. The zero-order valence-electron chi connectivity index (χ0n) is 16.2. The van der Waals surface area contributed by atoms with Gasteiger partial charge in [0.1, 0.15) is 17.6 Å². The lowest BCUT2D eigenvalue weighted by Crippen LogP contribution is -2.30. The van der Waals surface area contributed by atoms with E-state index in [2.05, 4.69) is 0 Å². The van der Waals surface area contributed by atoms with E-state index in [1.807, 2.05) is 13.8 Å². The van der Waals surface area contributed by atoms with Gasteiger partial charge in [0, 0.05) is 36.8 Å². The standard InChI is InChI=1S/C20H23ClFNO5/c1-11(2)19-14(7-12(21)8-15(19)22)13-9-18(24)23(10-17(13)28-4)16(20(25)26)5-6-27-3/h7-11,16H,5-6H2,1-4H3,(H,25,26). The molecule has 0 saturated carbocycles. The number of hydrogen-bond acceptors (Lipinski definition) is 4. The fourth-order valence-electron chi connectivity index (χ4n) is 3.15. The van der Waals surface area contributed by atoms with Gasteiger partial charge in [0.15, 0.2) is 0 Å². The first-order valence-electron chi connectivity index (χ1n) is 8.72. The van der Waals surface area contributed by atoms with Gasteiger partial charge in [-0.05, 0) is 29.2 Å². The Morgan fingerprint density at radius 1 is 1.25 bits per heavy atom. The molecule has 0 bridgehead atoms. The van der Waals surface area contributed by atoms with E-state index in [1.54, 1.807) is 6.07 Å². The summed E-state index contributed by atoms with van der Waals surface area (Å²) in [4.78, 5) is 24.3. The van der Waals surface area contributed by atoms with Crippen LogP contribution < -0.4 is 10.3 Å². The molecular formula is C20H23ClFNO5. The molecule has 1 atom stereocenters. The Labute approximate surface area is 167 Å². The summed E-state index contributed by atoms with van der Waals surface area (Å²) in [7, 11) is 2.85. The van der Waals surface area contributed by atoms with Gasteiger partial charge in [0.2, 0.25) is 0 Å². The van der Waals surface area contributed by atoms with Crippen LogP contribution in [0.1, 0.15) is 37.8 Å². The minimum absolute atomic E-state index is 0.108. The minimum Gasteiger partial charge on any atom is -0.495 e. The first kappa shape index (κ1) is 21.9. The number of ether oxygens (including phenoxy) is 2. The van der Waals surface area contributed by atoms with Gasteiger partial charge < -0.3 is 14.6 Å². The van der Waals surface area contributed by atoms with Crippen LogP contribution in [0.15, 0.2) is 29.2 Å². The lowest BCUT2D eigenvalue weighted by atomic mass is 9.92. The fraction of sp³-hybridized carbons (Fsp3) is 0.400. The summed E-state index contributed by atoms with van der Waals surface area (Å²) in [6.45, 7) is 3.83. The number of rotatable bonds is 8. The van der Waals surface area contributed by atoms with Crippen LogP contribution in [-0.4, -0.2) is 36.5 Å². The van der Waals surface area contributed by atoms with Crippen molar-refractivity contribution < 1.29 is 23.8 Å². The smallest absolute Gasteiger partial charge is 0.326 e. The van der Waals surface area contributed by atoms with Gasteiger partial charge in [-0.1, -0.05) is 25.4 Å². The van der Waals surface area contributed by atoms with Crippen molar-refractivity contribution in [1.29, 1.82) is 0 Å². The Kier molecular flexibility index (Phi) is 7.21. The number of aromatic nitrogens is 1. The Morgan fingerprint density at radius 2 is 1.93 bits per heavy atom. The second-order valence-electron chi connectivity index (χ2n) is 6.64. The van der Waals surface area contributed by atoms with Crippen LogP contribution in [0.2, 0.25) is 5.02 Å². The third-order valence-electron chi connectivity index (χ3n) is 4.44. The third kappa shape index (κ3) is 4.54. The third-order valence-corrected chi connectivity index (χ3v) is 4.66. The number of carboxylic acids is 1. The molecule has 2 rings (SSSR count). The number of hydrogen-bond donors (Lipinski definition) is 1. The maximum Gasteiger partial charge on any atom is 0.326 e. The zero-order chi connectivity index (χ0) is 21.0. The Balaban J connectivity index is 2.71. The van der Waals surface area contributed by atoms with Crippen LogP contribution in [0, 0.1) is 5.82 Å². The summed E-state index contributed by atoms with van der Waals surface area (Å²) in [5.74, 6) is -1.57. The molecule has 1 aromatic heterocycles. The van der Waals surface area contributed by atoms with Gasteiger partial charge in [0.25, 0.3) is 5.56 Å². The van der Waals surface area contributed by atoms with Crippen molar-refractivity contribution >= 4 is 17.6 Å². The molecular weight excluding hydrogens is 389 g/mol. The second-order valence-corrected chi connectivity index (χ2v) is 7.08. The highest BCUT2D eigenvalue weighted by atomic mass is 35.5. The van der Waals surface area contributed by atoms with E-state index in [1.165, 1.54) is 32.5 Å². The summed E-state index contributed by atoms with van der Waals surface area (Å²) in [6, 6.07) is 2.93. The number of carboxylic acid groups (broad SMARTS) is 1. The number of pyridine rings is 1. The van der Waals surface area contributed by atoms with E-state index >= 15 is 0 Å². The molecule has 0 fully saturated rings. The molecule has 0 amide bonds. The average Bonchev–Trinajstić information content (AvgIpc) is 2.61. The lowest BCUT2D eigenvalue weighted by molar-refractivity contribution is -0.141. The number of aliphatic carboxylic acids is 1. The number of methoxy groups -OCH3 is 2. The van der Waals surface area contributed by atoms with Gasteiger partial charge in [-0.3, -0.25) is 9.36 Å². The van der Waals surface area contributed by atoms with E-state index in [0.29, 0.717) is 16.7 Å². The molecule has 1 aromatic carbocycles. The van der Waals surface area contributed by atoms with Crippen LogP contribution in [0.3, 0.4) is 0 Å². The van der Waals surface area contributed by atoms with Gasteiger partial charge in [-0.2, -0.15) is 0 Å². The first-order chi connectivity index (χ1) is 13.2. The highest BCUT2D eigenvalue weighted by Crippen LogP contribution is 2.38. The maximum atomic E-state index is 14.5. The van der Waals surface area contributed by atoms with E-state index in [4.69, 9.17) is 21.1 Å². The molecule has 0 radical (unpaired) electrons. The summed E-state index contributed by atoms with van der Waals surface area (Å²) < 4.78 is 25.9. The number of benzene rings is 1. The number of halogens is 2. The van der Waals surface area contributed by atoms with Crippen LogP contribution >= 0.6 is 11.6 Å². The van der Waals surface area contributed by atoms with Crippen molar-refractivity contribution in [3.8, 4) is 16.9 Å². The zero-order valence-corrected chi connectivity index (χ0v) is 16.9.